The van der Waals surface area contributed by atoms with E-state index >= 15 is 0 Å². The van der Waals surface area contributed by atoms with E-state index in [9.17, 15) is 9.59 Å². The number of benzene rings is 1. The van der Waals surface area contributed by atoms with E-state index in [0.717, 1.165) is 0 Å². The fourth-order valence-electron chi connectivity index (χ4n) is 6.28. The number of halogens is 1. The van der Waals surface area contributed by atoms with Crippen LogP contribution in [0.2, 0.25) is 5.02 Å². The molecular weight excluding hydrogens is 388 g/mol. The zero-order valence-electron chi connectivity index (χ0n) is 17.6. The molecule has 1 N–H and O–H groups in total. The van der Waals surface area contributed by atoms with Crippen molar-refractivity contribution in [3.05, 3.63) is 28.8 Å². The number of rotatable bonds is 5. The first-order valence-electron chi connectivity index (χ1n) is 10.1. The van der Waals surface area contributed by atoms with E-state index in [-0.39, 0.29) is 45.5 Å². The lowest BCUT2D eigenvalue weighted by atomic mass is 9.33. The summed E-state index contributed by atoms with van der Waals surface area (Å²) < 4.78 is 6.27. The molecule has 5 rings (SSSR count). The lowest BCUT2D eigenvalue weighted by molar-refractivity contribution is -0.215. The molecule has 0 atom stereocenters. The molecular formula is C23H27ClN2O3. The quantitative estimate of drug-likeness (QED) is 0.780. The molecule has 4 saturated carbocycles. The van der Waals surface area contributed by atoms with Crippen LogP contribution in [-0.4, -0.2) is 23.8 Å². The van der Waals surface area contributed by atoms with Gasteiger partial charge in [0.1, 0.15) is 23.7 Å². The molecule has 0 heterocycles. The largest absolute Gasteiger partial charge is 0.489 e. The molecule has 1 aromatic rings. The average Bonchev–Trinajstić information content (AvgIpc) is 2.54. The molecule has 29 heavy (non-hydrogen) atoms. The SMILES string of the molecule is CC(=O)C12CC(C(=O)N[C@H]3C(C)(C)[C@H](Oc4ccc(C#N)c(Cl)c4)C3(C)C)(C1)C2. The van der Waals surface area contributed by atoms with E-state index in [4.69, 9.17) is 21.6 Å². The van der Waals surface area contributed by atoms with Gasteiger partial charge in [-0.2, -0.15) is 5.26 Å². The molecule has 4 aliphatic carbocycles. The maximum Gasteiger partial charge on any atom is 0.226 e. The molecule has 2 bridgehead atoms. The molecule has 0 spiro atoms. The van der Waals surface area contributed by atoms with Gasteiger partial charge >= 0.3 is 0 Å². The van der Waals surface area contributed by atoms with Gasteiger partial charge in [0.05, 0.1) is 16.0 Å². The molecule has 0 radical (unpaired) electrons. The third kappa shape index (κ3) is 2.65. The van der Waals surface area contributed by atoms with Crippen LogP contribution in [0.1, 0.15) is 59.4 Å². The van der Waals surface area contributed by atoms with Gasteiger partial charge in [-0.3, -0.25) is 9.59 Å². The van der Waals surface area contributed by atoms with Crippen molar-refractivity contribution in [2.45, 2.75) is 66.0 Å². The van der Waals surface area contributed by atoms with E-state index in [0.29, 0.717) is 35.6 Å². The molecule has 0 aromatic heterocycles. The highest BCUT2D eigenvalue weighted by Crippen LogP contribution is 2.74. The first kappa shape index (κ1) is 20.2. The smallest absolute Gasteiger partial charge is 0.226 e. The van der Waals surface area contributed by atoms with E-state index in [1.54, 1.807) is 25.1 Å². The van der Waals surface area contributed by atoms with Gasteiger partial charge < -0.3 is 10.1 Å². The molecule has 6 heteroatoms. The summed E-state index contributed by atoms with van der Waals surface area (Å²) in [5, 5.41) is 12.7. The van der Waals surface area contributed by atoms with Crippen LogP contribution in [0.15, 0.2) is 18.2 Å². The van der Waals surface area contributed by atoms with Gasteiger partial charge in [-0.05, 0) is 38.3 Å². The third-order valence-corrected chi connectivity index (χ3v) is 8.00. The molecule has 1 aromatic carbocycles. The number of ketones is 1. The molecule has 5 nitrogen and oxygen atoms in total. The van der Waals surface area contributed by atoms with Crippen LogP contribution in [0.25, 0.3) is 0 Å². The summed E-state index contributed by atoms with van der Waals surface area (Å²) in [6.45, 7) is 10.0. The number of carbonyl (C=O) groups excluding carboxylic acids is 2. The number of hydrogen-bond acceptors (Lipinski definition) is 4. The number of carbonyl (C=O) groups is 2. The van der Waals surface area contributed by atoms with Gasteiger partial charge in [0.2, 0.25) is 5.91 Å². The molecule has 0 aliphatic heterocycles. The Balaban J connectivity index is 1.45. The van der Waals surface area contributed by atoms with Crippen LogP contribution in [0.5, 0.6) is 5.75 Å². The van der Waals surface area contributed by atoms with Crippen molar-refractivity contribution in [2.75, 3.05) is 0 Å². The standard InChI is InChI=1S/C23H27ClN2O3/c1-13(27)22-10-23(11-22,12-22)19(28)26-17-20(2,3)18(21(17,4)5)29-15-7-6-14(9-25)16(24)8-15/h6-8,17-18H,10-12H2,1-5H3,(H,26,28)/t17-,18-,22?,23?. The maximum atomic E-state index is 13.0. The number of nitrogens with one attached hydrogen (secondary N) is 1. The lowest BCUT2D eigenvalue weighted by Crippen LogP contribution is -2.78. The fourth-order valence-corrected chi connectivity index (χ4v) is 6.49. The summed E-state index contributed by atoms with van der Waals surface area (Å²) in [6.07, 6.45) is 1.95. The lowest BCUT2D eigenvalue weighted by Gasteiger charge is -2.69. The summed E-state index contributed by atoms with van der Waals surface area (Å²) in [7, 11) is 0. The number of nitriles is 1. The minimum atomic E-state index is -0.343. The van der Waals surface area contributed by atoms with Gasteiger partial charge in [0.15, 0.2) is 0 Å². The first-order chi connectivity index (χ1) is 13.4. The van der Waals surface area contributed by atoms with E-state index < -0.39 is 0 Å². The maximum absolute atomic E-state index is 13.0. The van der Waals surface area contributed by atoms with Crippen molar-refractivity contribution in [3.8, 4) is 11.8 Å². The fraction of sp³-hybridized carbons (Fsp3) is 0.609. The van der Waals surface area contributed by atoms with Crippen molar-refractivity contribution in [1.29, 1.82) is 5.26 Å². The summed E-state index contributed by atoms with van der Waals surface area (Å²) in [5.41, 5.74) is -0.701. The van der Waals surface area contributed by atoms with E-state index in [2.05, 4.69) is 33.0 Å². The average molecular weight is 415 g/mol. The molecule has 4 aliphatic rings. The predicted molar refractivity (Wildman–Crippen MR) is 109 cm³/mol. The van der Waals surface area contributed by atoms with Crippen LogP contribution in [0.4, 0.5) is 0 Å². The van der Waals surface area contributed by atoms with E-state index in [1.165, 1.54) is 0 Å². The predicted octanol–water partition coefficient (Wildman–Crippen LogP) is 4.27. The molecule has 154 valence electrons. The van der Waals surface area contributed by atoms with Crippen LogP contribution in [0, 0.1) is 33.0 Å². The Morgan fingerprint density at radius 1 is 1.14 bits per heavy atom. The monoisotopic (exact) mass is 414 g/mol. The van der Waals surface area contributed by atoms with Gasteiger partial charge in [0.25, 0.3) is 0 Å². The van der Waals surface area contributed by atoms with Crippen LogP contribution < -0.4 is 10.1 Å². The summed E-state index contributed by atoms with van der Waals surface area (Å²) in [5.74, 6) is 0.908. The van der Waals surface area contributed by atoms with Crippen molar-refractivity contribution >= 4 is 23.3 Å². The topological polar surface area (TPSA) is 79.2 Å². The zero-order chi connectivity index (χ0) is 21.4. The zero-order valence-corrected chi connectivity index (χ0v) is 18.3. The summed E-state index contributed by atoms with van der Waals surface area (Å²) in [4.78, 5) is 24.7. The minimum absolute atomic E-state index is 0.0383. The number of amides is 1. The Morgan fingerprint density at radius 3 is 2.21 bits per heavy atom. The Morgan fingerprint density at radius 2 is 1.72 bits per heavy atom. The highest BCUT2D eigenvalue weighted by molar-refractivity contribution is 6.31. The van der Waals surface area contributed by atoms with Gasteiger partial charge in [-0.1, -0.05) is 39.3 Å². The highest BCUT2D eigenvalue weighted by atomic mass is 35.5. The third-order valence-electron chi connectivity index (χ3n) is 7.69. The van der Waals surface area contributed by atoms with Crippen LogP contribution in [-0.2, 0) is 9.59 Å². The van der Waals surface area contributed by atoms with Crippen molar-refractivity contribution < 1.29 is 14.3 Å². The normalized spacial score (nSPS) is 35.2. The van der Waals surface area contributed by atoms with Crippen molar-refractivity contribution in [1.82, 2.24) is 5.32 Å². The summed E-state index contributed by atoms with van der Waals surface area (Å²) in [6, 6.07) is 7.09. The Hall–Kier alpha value is -2.06. The summed E-state index contributed by atoms with van der Waals surface area (Å²) >= 11 is 6.14. The highest BCUT2D eigenvalue weighted by Gasteiger charge is 2.74. The molecule has 4 fully saturated rings. The molecule has 0 saturated heterocycles. The van der Waals surface area contributed by atoms with Crippen molar-refractivity contribution in [2.24, 2.45) is 21.7 Å². The van der Waals surface area contributed by atoms with Gasteiger partial charge in [0, 0.05) is 28.4 Å². The van der Waals surface area contributed by atoms with Crippen LogP contribution >= 0.6 is 11.6 Å². The number of ether oxygens (including phenoxy) is 1. The Labute approximate surface area is 176 Å². The number of Topliss-reactive ketones (excluding diaryl/α,β-unsaturated/α-hetero) is 1. The number of nitrogens with zero attached hydrogens (tertiary/aromatic N) is 1. The first-order valence-corrected chi connectivity index (χ1v) is 10.4. The second kappa shape index (κ2) is 5.98. The van der Waals surface area contributed by atoms with Crippen LogP contribution in [0.3, 0.4) is 0 Å². The van der Waals surface area contributed by atoms with Gasteiger partial charge in [-0.15, -0.1) is 0 Å². The van der Waals surface area contributed by atoms with E-state index in [1.807, 2.05) is 6.07 Å². The second-order valence-corrected chi connectivity index (χ2v) is 10.9. The minimum Gasteiger partial charge on any atom is -0.489 e. The Bertz CT molecular complexity index is 924. The van der Waals surface area contributed by atoms with Crippen molar-refractivity contribution in [3.63, 3.8) is 0 Å². The Kier molecular flexibility index (Phi) is 4.17. The van der Waals surface area contributed by atoms with Gasteiger partial charge in [-0.25, -0.2) is 0 Å². The number of hydrogen-bond donors (Lipinski definition) is 1. The molecule has 1 amide bonds. The molecule has 0 unspecified atom stereocenters. The second-order valence-electron chi connectivity index (χ2n) is 10.4.